The van der Waals surface area contributed by atoms with Crippen LogP contribution in [-0.4, -0.2) is 11.2 Å². The fourth-order valence-electron chi connectivity index (χ4n) is 3.35. The second-order valence-corrected chi connectivity index (χ2v) is 6.99. The molecule has 0 aliphatic heterocycles. The van der Waals surface area contributed by atoms with Gasteiger partial charge in [-0.25, -0.2) is 0 Å². The average molecular weight is 311 g/mol. The molecule has 1 saturated carbocycles. The molecule has 0 saturated heterocycles. The third kappa shape index (κ3) is 3.83. The van der Waals surface area contributed by atoms with Crippen molar-refractivity contribution in [1.29, 1.82) is 0 Å². The van der Waals surface area contributed by atoms with Crippen molar-refractivity contribution in [3.63, 3.8) is 0 Å². The normalized spacial score (nSPS) is 30.1. The molecule has 1 fully saturated rings. The van der Waals surface area contributed by atoms with Crippen molar-refractivity contribution in [1.82, 2.24) is 0 Å². The maximum absolute atomic E-state index is 10.4. The molecule has 0 bridgehead atoms. The van der Waals surface area contributed by atoms with Crippen LogP contribution in [0.3, 0.4) is 0 Å². The van der Waals surface area contributed by atoms with Crippen LogP contribution in [0.2, 0.25) is 0 Å². The molecule has 0 amide bonds. The first-order valence-electron chi connectivity index (χ1n) is 6.97. The van der Waals surface area contributed by atoms with E-state index in [1.54, 1.807) is 0 Å². The SMILES string of the molecule is CC1CC(C)CC(C(O)Cc2ccc(Br)cc2)C1. The summed E-state index contributed by atoms with van der Waals surface area (Å²) in [6, 6.07) is 8.30. The van der Waals surface area contributed by atoms with Crippen molar-refractivity contribution >= 4 is 15.9 Å². The Bertz CT molecular complexity index is 363. The van der Waals surface area contributed by atoms with Crippen LogP contribution >= 0.6 is 15.9 Å². The van der Waals surface area contributed by atoms with E-state index < -0.39 is 0 Å². The summed E-state index contributed by atoms with van der Waals surface area (Å²) in [7, 11) is 0. The lowest BCUT2D eigenvalue weighted by atomic mass is 9.73. The van der Waals surface area contributed by atoms with E-state index in [0.717, 1.165) is 22.7 Å². The predicted octanol–water partition coefficient (Wildman–Crippen LogP) is 4.42. The number of hydrogen-bond donors (Lipinski definition) is 1. The third-order valence-electron chi connectivity index (χ3n) is 4.12. The van der Waals surface area contributed by atoms with Gasteiger partial charge in [0.1, 0.15) is 0 Å². The van der Waals surface area contributed by atoms with Crippen LogP contribution in [0.5, 0.6) is 0 Å². The van der Waals surface area contributed by atoms with Crippen molar-refractivity contribution in [2.24, 2.45) is 17.8 Å². The van der Waals surface area contributed by atoms with Gasteiger partial charge in [-0.3, -0.25) is 0 Å². The van der Waals surface area contributed by atoms with Gasteiger partial charge in [-0.1, -0.05) is 41.9 Å². The Balaban J connectivity index is 1.94. The Kier molecular flexibility index (Phi) is 4.85. The lowest BCUT2D eigenvalue weighted by Gasteiger charge is -2.34. The zero-order valence-corrected chi connectivity index (χ0v) is 12.9. The minimum atomic E-state index is -0.184. The standard InChI is InChI=1S/C16H23BrO/c1-11-7-12(2)9-14(8-11)16(18)10-13-3-5-15(17)6-4-13/h3-6,11-12,14,16,18H,7-10H2,1-2H3. The number of aliphatic hydroxyl groups is 1. The van der Waals surface area contributed by atoms with Gasteiger partial charge in [0.05, 0.1) is 6.10 Å². The Morgan fingerprint density at radius 2 is 1.67 bits per heavy atom. The molecule has 3 atom stereocenters. The fourth-order valence-corrected chi connectivity index (χ4v) is 3.62. The topological polar surface area (TPSA) is 20.2 Å². The molecule has 2 heteroatoms. The Hall–Kier alpha value is -0.340. The van der Waals surface area contributed by atoms with Gasteiger partial charge in [0.25, 0.3) is 0 Å². The summed E-state index contributed by atoms with van der Waals surface area (Å²) >= 11 is 3.44. The summed E-state index contributed by atoms with van der Waals surface area (Å²) in [6.45, 7) is 4.63. The Morgan fingerprint density at radius 1 is 1.11 bits per heavy atom. The molecular weight excluding hydrogens is 288 g/mol. The summed E-state index contributed by atoms with van der Waals surface area (Å²) in [5.41, 5.74) is 1.23. The van der Waals surface area contributed by atoms with Crippen molar-refractivity contribution in [2.75, 3.05) is 0 Å². The molecule has 3 unspecified atom stereocenters. The average Bonchev–Trinajstić information content (AvgIpc) is 2.31. The smallest absolute Gasteiger partial charge is 0.0608 e. The van der Waals surface area contributed by atoms with Crippen LogP contribution in [0.15, 0.2) is 28.7 Å². The molecule has 2 rings (SSSR count). The van der Waals surface area contributed by atoms with E-state index in [1.807, 2.05) is 12.1 Å². The van der Waals surface area contributed by atoms with Crippen LogP contribution in [0, 0.1) is 17.8 Å². The zero-order valence-electron chi connectivity index (χ0n) is 11.3. The van der Waals surface area contributed by atoms with Crippen molar-refractivity contribution in [2.45, 2.75) is 45.6 Å². The summed E-state index contributed by atoms with van der Waals surface area (Å²) in [4.78, 5) is 0. The molecule has 1 N–H and O–H groups in total. The second kappa shape index (κ2) is 6.21. The lowest BCUT2D eigenvalue weighted by Crippen LogP contribution is -2.30. The van der Waals surface area contributed by atoms with Crippen LogP contribution < -0.4 is 0 Å². The van der Waals surface area contributed by atoms with Gasteiger partial charge in [-0.2, -0.15) is 0 Å². The molecule has 100 valence electrons. The minimum absolute atomic E-state index is 0.184. The molecular formula is C16H23BrO. The molecule has 1 nitrogen and oxygen atoms in total. The van der Waals surface area contributed by atoms with E-state index in [9.17, 15) is 5.11 Å². The third-order valence-corrected chi connectivity index (χ3v) is 4.65. The van der Waals surface area contributed by atoms with Crippen LogP contribution in [0.4, 0.5) is 0 Å². The van der Waals surface area contributed by atoms with Gasteiger partial charge >= 0.3 is 0 Å². The van der Waals surface area contributed by atoms with E-state index in [4.69, 9.17) is 0 Å². The molecule has 1 aromatic rings. The monoisotopic (exact) mass is 310 g/mol. The van der Waals surface area contributed by atoms with Gasteiger partial charge in [-0.05, 0) is 61.1 Å². The molecule has 18 heavy (non-hydrogen) atoms. The maximum atomic E-state index is 10.4. The number of hydrogen-bond acceptors (Lipinski definition) is 1. The van der Waals surface area contributed by atoms with Crippen LogP contribution in [0.1, 0.15) is 38.7 Å². The van der Waals surface area contributed by atoms with E-state index in [1.165, 1.54) is 24.8 Å². The molecule has 0 aromatic heterocycles. The highest BCUT2D eigenvalue weighted by Crippen LogP contribution is 2.35. The Morgan fingerprint density at radius 3 is 2.22 bits per heavy atom. The Labute approximate surface area is 119 Å². The highest BCUT2D eigenvalue weighted by Gasteiger charge is 2.28. The first-order valence-corrected chi connectivity index (χ1v) is 7.76. The number of benzene rings is 1. The second-order valence-electron chi connectivity index (χ2n) is 6.08. The van der Waals surface area contributed by atoms with E-state index in [0.29, 0.717) is 5.92 Å². The predicted molar refractivity (Wildman–Crippen MR) is 79.5 cm³/mol. The molecule has 1 aliphatic rings. The lowest BCUT2D eigenvalue weighted by molar-refractivity contribution is 0.0561. The summed E-state index contributed by atoms with van der Waals surface area (Å²) in [5.74, 6) is 2.00. The number of aliphatic hydroxyl groups excluding tert-OH is 1. The fraction of sp³-hybridized carbons (Fsp3) is 0.625. The first-order chi connectivity index (χ1) is 8.54. The number of halogens is 1. The minimum Gasteiger partial charge on any atom is -0.392 e. The highest BCUT2D eigenvalue weighted by atomic mass is 79.9. The zero-order chi connectivity index (χ0) is 13.1. The van der Waals surface area contributed by atoms with E-state index >= 15 is 0 Å². The maximum Gasteiger partial charge on any atom is 0.0608 e. The summed E-state index contributed by atoms with van der Waals surface area (Å²) in [6.07, 6.45) is 4.29. The van der Waals surface area contributed by atoms with Crippen molar-refractivity contribution in [3.8, 4) is 0 Å². The first kappa shape index (κ1) is 14.1. The van der Waals surface area contributed by atoms with Crippen LogP contribution in [-0.2, 0) is 6.42 Å². The molecule has 0 radical (unpaired) electrons. The quantitative estimate of drug-likeness (QED) is 0.876. The molecule has 1 aliphatic carbocycles. The van der Waals surface area contributed by atoms with E-state index in [2.05, 4.69) is 41.9 Å². The largest absolute Gasteiger partial charge is 0.392 e. The van der Waals surface area contributed by atoms with Crippen molar-refractivity contribution in [3.05, 3.63) is 34.3 Å². The van der Waals surface area contributed by atoms with Gasteiger partial charge < -0.3 is 5.11 Å². The van der Waals surface area contributed by atoms with Gasteiger partial charge in [0.15, 0.2) is 0 Å². The van der Waals surface area contributed by atoms with E-state index in [-0.39, 0.29) is 6.10 Å². The van der Waals surface area contributed by atoms with Gasteiger partial charge in [0.2, 0.25) is 0 Å². The summed E-state index contributed by atoms with van der Waals surface area (Å²) in [5, 5.41) is 10.4. The van der Waals surface area contributed by atoms with Crippen molar-refractivity contribution < 1.29 is 5.11 Å². The summed E-state index contributed by atoms with van der Waals surface area (Å²) < 4.78 is 1.10. The molecule has 0 spiro atoms. The number of rotatable bonds is 3. The highest BCUT2D eigenvalue weighted by molar-refractivity contribution is 9.10. The molecule has 1 aromatic carbocycles. The molecule has 0 heterocycles. The van der Waals surface area contributed by atoms with Gasteiger partial charge in [-0.15, -0.1) is 0 Å². The van der Waals surface area contributed by atoms with Gasteiger partial charge in [0, 0.05) is 4.47 Å². The van der Waals surface area contributed by atoms with Crippen LogP contribution in [0.25, 0.3) is 0 Å².